The monoisotopic (exact) mass is 342 g/mol. The Hall–Kier alpha value is -1.95. The van der Waals surface area contributed by atoms with E-state index in [1.165, 1.54) is 16.2 Å². The number of aromatic nitrogens is 2. The molecule has 5 nitrogen and oxygen atoms in total. The molecule has 0 aliphatic carbocycles. The lowest BCUT2D eigenvalue weighted by Crippen LogP contribution is -2.45. The van der Waals surface area contributed by atoms with E-state index in [2.05, 4.69) is 39.6 Å². The van der Waals surface area contributed by atoms with E-state index in [-0.39, 0.29) is 12.1 Å². The van der Waals surface area contributed by atoms with Crippen LogP contribution < -0.4 is 5.32 Å². The summed E-state index contributed by atoms with van der Waals surface area (Å²) in [4.78, 5) is 23.2. The molecule has 6 heteroatoms. The molecular weight excluding hydrogens is 320 g/mol. The summed E-state index contributed by atoms with van der Waals surface area (Å²) in [5, 5.41) is 3.25. The first kappa shape index (κ1) is 15.6. The summed E-state index contributed by atoms with van der Waals surface area (Å²) < 4.78 is 0. The number of benzene rings is 1. The average molecular weight is 342 g/mol. The molecule has 126 valence electrons. The molecular formula is C18H22N4OS. The quantitative estimate of drug-likeness (QED) is 0.877. The molecule has 0 spiro atoms. The van der Waals surface area contributed by atoms with Crippen LogP contribution in [0.5, 0.6) is 0 Å². The van der Waals surface area contributed by atoms with E-state index in [9.17, 15) is 4.79 Å². The number of rotatable bonds is 2. The molecule has 1 atom stereocenters. The summed E-state index contributed by atoms with van der Waals surface area (Å²) in [6.07, 6.45) is 6.61. The topological polar surface area (TPSA) is 61.0 Å². The van der Waals surface area contributed by atoms with Crippen molar-refractivity contribution in [3.8, 4) is 0 Å². The van der Waals surface area contributed by atoms with Crippen molar-refractivity contribution in [1.82, 2.24) is 20.2 Å². The number of hydrogen-bond acceptors (Lipinski definition) is 3. The SMILES string of the molecule is O=C(N[C@H]1CCSc2ccccc21)N1CCC(c2cnc[nH]2)CC1. The molecule has 1 aromatic carbocycles. The predicted octanol–water partition coefficient (Wildman–Crippen LogP) is 3.54. The summed E-state index contributed by atoms with van der Waals surface area (Å²) in [5.41, 5.74) is 2.45. The van der Waals surface area contributed by atoms with Crippen molar-refractivity contribution in [1.29, 1.82) is 0 Å². The lowest BCUT2D eigenvalue weighted by molar-refractivity contribution is 0.176. The van der Waals surface area contributed by atoms with E-state index >= 15 is 0 Å². The molecule has 2 aliphatic heterocycles. The van der Waals surface area contributed by atoms with Crippen LogP contribution in [0.25, 0.3) is 0 Å². The maximum absolute atomic E-state index is 12.7. The number of hydrogen-bond donors (Lipinski definition) is 2. The van der Waals surface area contributed by atoms with Gasteiger partial charge in [-0.1, -0.05) is 18.2 Å². The smallest absolute Gasteiger partial charge is 0.317 e. The number of urea groups is 1. The van der Waals surface area contributed by atoms with Gasteiger partial charge in [-0.15, -0.1) is 11.8 Å². The Morgan fingerprint density at radius 3 is 2.88 bits per heavy atom. The Labute approximate surface area is 146 Å². The largest absolute Gasteiger partial charge is 0.348 e. The van der Waals surface area contributed by atoms with Crippen LogP contribution in [0.1, 0.15) is 42.5 Å². The van der Waals surface area contributed by atoms with E-state index in [1.54, 1.807) is 6.33 Å². The van der Waals surface area contributed by atoms with Crippen molar-refractivity contribution in [2.24, 2.45) is 0 Å². The normalized spacial score (nSPS) is 21.3. The number of carbonyl (C=O) groups is 1. The van der Waals surface area contributed by atoms with Gasteiger partial charge in [-0.3, -0.25) is 0 Å². The van der Waals surface area contributed by atoms with Crippen LogP contribution in [-0.2, 0) is 0 Å². The number of piperidine rings is 1. The molecule has 2 N–H and O–H groups in total. The van der Waals surface area contributed by atoms with Crippen LogP contribution in [0.2, 0.25) is 0 Å². The fourth-order valence-electron chi connectivity index (χ4n) is 3.62. The summed E-state index contributed by atoms with van der Waals surface area (Å²) in [6, 6.07) is 8.62. The minimum Gasteiger partial charge on any atom is -0.348 e. The van der Waals surface area contributed by atoms with Crippen LogP contribution in [0.3, 0.4) is 0 Å². The van der Waals surface area contributed by atoms with Gasteiger partial charge in [0.15, 0.2) is 0 Å². The van der Waals surface area contributed by atoms with Crippen molar-refractivity contribution >= 4 is 17.8 Å². The van der Waals surface area contributed by atoms with Gasteiger partial charge in [-0.25, -0.2) is 9.78 Å². The number of fused-ring (bicyclic) bond motifs is 1. The highest BCUT2D eigenvalue weighted by atomic mass is 32.2. The highest BCUT2D eigenvalue weighted by molar-refractivity contribution is 7.99. The van der Waals surface area contributed by atoms with Gasteiger partial charge in [0.05, 0.1) is 12.4 Å². The van der Waals surface area contributed by atoms with Gasteiger partial charge in [0, 0.05) is 41.5 Å². The number of thioether (sulfide) groups is 1. The summed E-state index contributed by atoms with van der Waals surface area (Å²) in [7, 11) is 0. The van der Waals surface area contributed by atoms with Crippen molar-refractivity contribution < 1.29 is 4.79 Å². The van der Waals surface area contributed by atoms with E-state index in [4.69, 9.17) is 0 Å². The molecule has 24 heavy (non-hydrogen) atoms. The van der Waals surface area contributed by atoms with Crippen LogP contribution >= 0.6 is 11.8 Å². The first-order valence-electron chi connectivity index (χ1n) is 8.56. The van der Waals surface area contributed by atoms with Gasteiger partial charge in [0.25, 0.3) is 0 Å². The zero-order valence-corrected chi connectivity index (χ0v) is 14.4. The lowest BCUT2D eigenvalue weighted by Gasteiger charge is -2.34. The molecule has 0 bridgehead atoms. The van der Waals surface area contributed by atoms with Crippen LogP contribution in [0.4, 0.5) is 4.79 Å². The number of imidazole rings is 1. The number of carbonyl (C=O) groups excluding carboxylic acids is 1. The minimum absolute atomic E-state index is 0.0739. The van der Waals surface area contributed by atoms with Gasteiger partial charge in [-0.2, -0.15) is 0 Å². The highest BCUT2D eigenvalue weighted by Gasteiger charge is 2.27. The molecule has 4 rings (SSSR count). The molecule has 1 saturated heterocycles. The second kappa shape index (κ2) is 6.89. The van der Waals surface area contributed by atoms with Crippen molar-refractivity contribution in [2.75, 3.05) is 18.8 Å². The fraction of sp³-hybridized carbons (Fsp3) is 0.444. The van der Waals surface area contributed by atoms with Crippen LogP contribution in [-0.4, -0.2) is 39.7 Å². The Morgan fingerprint density at radius 1 is 1.25 bits per heavy atom. The Balaban J connectivity index is 1.36. The maximum Gasteiger partial charge on any atom is 0.317 e. The molecule has 1 aromatic heterocycles. The number of nitrogens with zero attached hydrogens (tertiary/aromatic N) is 2. The predicted molar refractivity (Wildman–Crippen MR) is 95.2 cm³/mol. The number of likely N-dealkylation sites (tertiary alicyclic amines) is 1. The van der Waals surface area contributed by atoms with Crippen LogP contribution in [0.15, 0.2) is 41.7 Å². The molecule has 2 amide bonds. The molecule has 1 fully saturated rings. The zero-order valence-electron chi connectivity index (χ0n) is 13.6. The molecule has 2 aliphatic rings. The Kier molecular flexibility index (Phi) is 4.47. The van der Waals surface area contributed by atoms with Gasteiger partial charge in [0.1, 0.15) is 0 Å². The molecule has 2 aromatic rings. The summed E-state index contributed by atoms with van der Waals surface area (Å²) in [5.74, 6) is 1.55. The van der Waals surface area contributed by atoms with E-state index in [1.807, 2.05) is 22.9 Å². The first-order valence-corrected chi connectivity index (χ1v) is 9.55. The maximum atomic E-state index is 12.7. The number of H-pyrrole nitrogens is 1. The van der Waals surface area contributed by atoms with Gasteiger partial charge in [0.2, 0.25) is 0 Å². The third kappa shape index (κ3) is 3.15. The standard InChI is InChI=1S/C18H22N4OS/c23-18(21-15-7-10-24-17-4-2-1-3-14(15)17)22-8-5-13(6-9-22)16-11-19-12-20-16/h1-4,11-13,15H,5-10H2,(H,19,20)(H,21,23)/t15-/m0/s1. The number of nitrogens with one attached hydrogen (secondary N) is 2. The molecule has 3 heterocycles. The van der Waals surface area contributed by atoms with Crippen molar-refractivity contribution in [3.05, 3.63) is 48.0 Å². The van der Waals surface area contributed by atoms with Crippen molar-refractivity contribution in [3.63, 3.8) is 0 Å². The van der Waals surface area contributed by atoms with E-state index in [0.29, 0.717) is 5.92 Å². The van der Waals surface area contributed by atoms with E-state index in [0.717, 1.165) is 38.1 Å². The molecule has 0 unspecified atom stereocenters. The van der Waals surface area contributed by atoms with Crippen LogP contribution in [0, 0.1) is 0 Å². The highest BCUT2D eigenvalue weighted by Crippen LogP contribution is 2.36. The zero-order chi connectivity index (χ0) is 16.4. The summed E-state index contributed by atoms with van der Waals surface area (Å²) in [6.45, 7) is 1.61. The Bertz CT molecular complexity index is 695. The van der Waals surface area contributed by atoms with Gasteiger partial charge < -0.3 is 15.2 Å². The first-order chi connectivity index (χ1) is 11.8. The fourth-order valence-corrected chi connectivity index (χ4v) is 4.74. The second-order valence-corrected chi connectivity index (χ2v) is 7.58. The third-order valence-corrected chi connectivity index (χ3v) is 6.12. The second-order valence-electron chi connectivity index (χ2n) is 6.45. The molecule has 0 saturated carbocycles. The van der Waals surface area contributed by atoms with Gasteiger partial charge in [-0.05, 0) is 30.9 Å². The lowest BCUT2D eigenvalue weighted by atomic mass is 9.94. The number of amides is 2. The molecule has 0 radical (unpaired) electrons. The third-order valence-electron chi connectivity index (χ3n) is 5.00. The van der Waals surface area contributed by atoms with E-state index < -0.39 is 0 Å². The van der Waals surface area contributed by atoms with Gasteiger partial charge >= 0.3 is 6.03 Å². The minimum atomic E-state index is 0.0739. The summed E-state index contributed by atoms with van der Waals surface area (Å²) >= 11 is 1.88. The Morgan fingerprint density at radius 2 is 2.08 bits per heavy atom. The van der Waals surface area contributed by atoms with Crippen molar-refractivity contribution in [2.45, 2.75) is 36.1 Å². The number of aromatic amines is 1. The average Bonchev–Trinajstić information content (AvgIpc) is 3.17.